The van der Waals surface area contributed by atoms with Crippen molar-refractivity contribution in [3.05, 3.63) is 0 Å². The molecule has 0 bridgehead atoms. The maximum atomic E-state index is 3.95. The topological polar surface area (TPSA) is 12.0 Å². The molecule has 1 heterocycles. The summed E-state index contributed by atoms with van der Waals surface area (Å²) in [6, 6.07) is 1.62. The number of thioether (sulfide) groups is 2. The van der Waals surface area contributed by atoms with E-state index in [2.05, 4.69) is 35.8 Å². The fourth-order valence-corrected chi connectivity index (χ4v) is 5.17. The summed E-state index contributed by atoms with van der Waals surface area (Å²) in [5, 5.41) is 4.85. The van der Waals surface area contributed by atoms with Crippen LogP contribution in [0.4, 0.5) is 0 Å². The van der Waals surface area contributed by atoms with Gasteiger partial charge in [-0.05, 0) is 37.2 Å². The molecule has 2 aliphatic rings. The third-order valence-corrected chi connectivity index (χ3v) is 6.23. The maximum Gasteiger partial charge on any atom is 0.0201 e. The van der Waals surface area contributed by atoms with Crippen LogP contribution >= 0.6 is 23.5 Å². The molecular weight excluding hydrogens is 234 g/mol. The summed E-state index contributed by atoms with van der Waals surface area (Å²) in [6.45, 7) is 2.30. The molecule has 0 amide bonds. The zero-order valence-corrected chi connectivity index (χ0v) is 12.0. The molecule has 1 aliphatic carbocycles. The number of nitrogens with one attached hydrogen (secondary N) is 1. The lowest BCUT2D eigenvalue weighted by molar-refractivity contribution is 0.344. The highest BCUT2D eigenvalue weighted by Gasteiger charge is 2.27. The van der Waals surface area contributed by atoms with Crippen LogP contribution in [0.5, 0.6) is 0 Å². The SMILES string of the molecule is CCSC1CCCCC1NC1CCCSC1. The van der Waals surface area contributed by atoms with Crippen molar-refractivity contribution < 1.29 is 0 Å². The molecule has 1 saturated heterocycles. The van der Waals surface area contributed by atoms with E-state index in [1.54, 1.807) is 0 Å². The van der Waals surface area contributed by atoms with E-state index >= 15 is 0 Å². The Kier molecular flexibility index (Phi) is 5.87. The van der Waals surface area contributed by atoms with E-state index in [0.29, 0.717) is 0 Å². The van der Waals surface area contributed by atoms with Gasteiger partial charge < -0.3 is 5.32 Å². The fraction of sp³-hybridized carbons (Fsp3) is 1.00. The first kappa shape index (κ1) is 13.1. The second kappa shape index (κ2) is 7.17. The molecule has 0 aromatic carbocycles. The van der Waals surface area contributed by atoms with Crippen LogP contribution < -0.4 is 5.32 Å². The molecule has 94 valence electrons. The summed E-state index contributed by atoms with van der Waals surface area (Å²) >= 11 is 4.32. The van der Waals surface area contributed by atoms with Crippen LogP contribution in [0, 0.1) is 0 Å². The van der Waals surface area contributed by atoms with Crippen LogP contribution in [-0.4, -0.2) is 34.6 Å². The van der Waals surface area contributed by atoms with Crippen molar-refractivity contribution in [3.63, 3.8) is 0 Å². The fourth-order valence-electron chi connectivity index (χ4n) is 2.88. The van der Waals surface area contributed by atoms with Gasteiger partial charge in [-0.1, -0.05) is 19.8 Å². The minimum Gasteiger partial charge on any atom is -0.309 e. The van der Waals surface area contributed by atoms with E-state index in [-0.39, 0.29) is 0 Å². The molecule has 1 N–H and O–H groups in total. The van der Waals surface area contributed by atoms with Crippen molar-refractivity contribution in [3.8, 4) is 0 Å². The van der Waals surface area contributed by atoms with Gasteiger partial charge in [-0.2, -0.15) is 23.5 Å². The van der Waals surface area contributed by atoms with Gasteiger partial charge >= 0.3 is 0 Å². The van der Waals surface area contributed by atoms with Gasteiger partial charge in [0, 0.05) is 23.1 Å². The molecule has 0 radical (unpaired) electrons. The molecule has 16 heavy (non-hydrogen) atoms. The largest absolute Gasteiger partial charge is 0.309 e. The first-order valence-corrected chi connectivity index (χ1v) is 9.06. The quantitative estimate of drug-likeness (QED) is 0.829. The Balaban J connectivity index is 1.80. The van der Waals surface area contributed by atoms with E-state index in [1.165, 1.54) is 55.8 Å². The molecule has 1 aliphatic heterocycles. The highest BCUT2D eigenvalue weighted by Crippen LogP contribution is 2.30. The molecule has 1 saturated carbocycles. The van der Waals surface area contributed by atoms with Gasteiger partial charge in [0.25, 0.3) is 0 Å². The lowest BCUT2D eigenvalue weighted by Gasteiger charge is -2.36. The van der Waals surface area contributed by atoms with Crippen LogP contribution in [0.1, 0.15) is 45.4 Å². The second-order valence-electron chi connectivity index (χ2n) is 4.97. The highest BCUT2D eigenvalue weighted by molar-refractivity contribution is 8.00. The average Bonchev–Trinajstić information content (AvgIpc) is 2.33. The summed E-state index contributed by atoms with van der Waals surface area (Å²) in [5.74, 6) is 4.01. The second-order valence-corrected chi connectivity index (χ2v) is 7.63. The van der Waals surface area contributed by atoms with Gasteiger partial charge in [-0.15, -0.1) is 0 Å². The molecule has 3 atom stereocenters. The van der Waals surface area contributed by atoms with Crippen molar-refractivity contribution in [2.24, 2.45) is 0 Å². The number of hydrogen-bond acceptors (Lipinski definition) is 3. The van der Waals surface area contributed by atoms with Gasteiger partial charge in [0.05, 0.1) is 0 Å². The Morgan fingerprint density at radius 2 is 2.06 bits per heavy atom. The van der Waals surface area contributed by atoms with E-state index in [4.69, 9.17) is 0 Å². The average molecular weight is 259 g/mol. The van der Waals surface area contributed by atoms with Crippen molar-refractivity contribution >= 4 is 23.5 Å². The monoisotopic (exact) mass is 259 g/mol. The van der Waals surface area contributed by atoms with E-state index < -0.39 is 0 Å². The molecule has 0 spiro atoms. The predicted octanol–water partition coefficient (Wildman–Crippen LogP) is 3.54. The van der Waals surface area contributed by atoms with Crippen LogP contribution in [0.2, 0.25) is 0 Å². The minimum atomic E-state index is 0.807. The molecule has 0 aromatic rings. The van der Waals surface area contributed by atoms with Crippen molar-refractivity contribution in [2.75, 3.05) is 17.3 Å². The van der Waals surface area contributed by atoms with E-state index in [1.807, 2.05) is 0 Å². The summed E-state index contributed by atoms with van der Waals surface area (Å²) < 4.78 is 0. The summed E-state index contributed by atoms with van der Waals surface area (Å²) in [6.07, 6.45) is 8.58. The first-order valence-electron chi connectivity index (χ1n) is 6.85. The normalized spacial score (nSPS) is 36.2. The van der Waals surface area contributed by atoms with Crippen molar-refractivity contribution in [1.29, 1.82) is 0 Å². The van der Waals surface area contributed by atoms with Gasteiger partial charge in [-0.25, -0.2) is 0 Å². The predicted molar refractivity (Wildman–Crippen MR) is 77.7 cm³/mol. The van der Waals surface area contributed by atoms with Gasteiger partial charge in [0.2, 0.25) is 0 Å². The van der Waals surface area contributed by atoms with Gasteiger partial charge in [0.1, 0.15) is 0 Å². The minimum absolute atomic E-state index is 0.807. The first-order chi connectivity index (χ1) is 7.90. The molecule has 1 nitrogen and oxygen atoms in total. The Bertz CT molecular complexity index is 190. The Labute approximate surface area is 109 Å². The van der Waals surface area contributed by atoms with Crippen molar-refractivity contribution in [1.82, 2.24) is 5.32 Å². The highest BCUT2D eigenvalue weighted by atomic mass is 32.2. The molecule has 2 rings (SSSR count). The standard InChI is InChI=1S/C13H25NS2/c1-2-16-13-8-4-3-7-12(13)14-11-6-5-9-15-10-11/h11-14H,2-10H2,1H3. The summed E-state index contributed by atoms with van der Waals surface area (Å²) in [4.78, 5) is 0. The van der Waals surface area contributed by atoms with Gasteiger partial charge in [0.15, 0.2) is 0 Å². The van der Waals surface area contributed by atoms with Gasteiger partial charge in [-0.3, -0.25) is 0 Å². The molecule has 3 heteroatoms. The lowest BCUT2D eigenvalue weighted by Crippen LogP contribution is -2.47. The molecule has 0 aromatic heterocycles. The lowest BCUT2D eigenvalue weighted by atomic mass is 9.94. The number of rotatable bonds is 4. The van der Waals surface area contributed by atoms with E-state index in [0.717, 1.165) is 17.3 Å². The number of hydrogen-bond donors (Lipinski definition) is 1. The Morgan fingerprint density at radius 3 is 2.81 bits per heavy atom. The van der Waals surface area contributed by atoms with E-state index in [9.17, 15) is 0 Å². The van der Waals surface area contributed by atoms with Crippen LogP contribution in [0.3, 0.4) is 0 Å². The van der Waals surface area contributed by atoms with Crippen LogP contribution in [0.25, 0.3) is 0 Å². The molecule has 2 fully saturated rings. The molecular formula is C13H25NS2. The Hall–Kier alpha value is 0.660. The zero-order chi connectivity index (χ0) is 11.2. The van der Waals surface area contributed by atoms with Crippen LogP contribution in [-0.2, 0) is 0 Å². The van der Waals surface area contributed by atoms with Crippen molar-refractivity contribution in [2.45, 2.75) is 62.8 Å². The zero-order valence-electron chi connectivity index (χ0n) is 10.4. The third kappa shape index (κ3) is 3.85. The smallest absolute Gasteiger partial charge is 0.0201 e. The maximum absolute atomic E-state index is 3.95. The summed E-state index contributed by atoms with van der Waals surface area (Å²) in [5.41, 5.74) is 0. The Morgan fingerprint density at radius 1 is 1.19 bits per heavy atom. The summed E-state index contributed by atoms with van der Waals surface area (Å²) in [7, 11) is 0. The van der Waals surface area contributed by atoms with Crippen LogP contribution in [0.15, 0.2) is 0 Å². The third-order valence-electron chi connectivity index (χ3n) is 3.69. The molecule has 3 unspecified atom stereocenters.